The lowest BCUT2D eigenvalue weighted by Gasteiger charge is -2.12. The van der Waals surface area contributed by atoms with Crippen LogP contribution >= 0.6 is 0 Å². The van der Waals surface area contributed by atoms with Gasteiger partial charge in [-0.1, -0.05) is 18.2 Å². The van der Waals surface area contributed by atoms with Crippen molar-refractivity contribution in [1.29, 1.82) is 0 Å². The molecule has 3 N–H and O–H groups in total. The molecule has 2 atom stereocenters. The van der Waals surface area contributed by atoms with E-state index in [1.807, 2.05) is 30.3 Å². The van der Waals surface area contributed by atoms with E-state index in [1.54, 1.807) is 0 Å². The lowest BCUT2D eigenvalue weighted by Crippen LogP contribution is -2.45. The number of ether oxygens (including phenoxy) is 1. The number of hydrogen-bond acceptors (Lipinski definition) is 4. The number of carbonyl (C=O) groups is 1. The molecule has 5 nitrogen and oxygen atoms in total. The van der Waals surface area contributed by atoms with Crippen molar-refractivity contribution in [2.45, 2.75) is 25.6 Å². The Balaban J connectivity index is 1.71. The minimum absolute atomic E-state index is 0.0168. The molecule has 1 saturated heterocycles. The third-order valence-corrected chi connectivity index (χ3v) is 2.54. The fourth-order valence-corrected chi connectivity index (χ4v) is 1.71. The van der Waals surface area contributed by atoms with Crippen molar-refractivity contribution < 1.29 is 9.53 Å². The van der Waals surface area contributed by atoms with Crippen LogP contribution in [0.5, 0.6) is 5.75 Å². The Morgan fingerprint density at radius 1 is 1.41 bits per heavy atom. The first-order chi connectivity index (χ1) is 8.24. The molecular weight excluding hydrogens is 218 g/mol. The molecule has 2 rings (SSSR count). The summed E-state index contributed by atoms with van der Waals surface area (Å²) in [6, 6.07) is 9.67. The van der Waals surface area contributed by atoms with E-state index in [-0.39, 0.29) is 18.7 Å². The van der Waals surface area contributed by atoms with Crippen molar-refractivity contribution in [3.05, 3.63) is 30.3 Å². The fraction of sp³-hybridized carbons (Fsp3) is 0.417. The standard InChI is InChI=1S/C12H17N3O2/c1-9-7-11(15-14-9)13-12(16)8-17-10-5-3-2-4-6-10/h2-6,9,11,14-15H,7-8H2,1H3,(H,13,16). The normalized spacial score (nSPS) is 23.4. The van der Waals surface area contributed by atoms with E-state index in [0.717, 1.165) is 6.42 Å². The number of amides is 1. The summed E-state index contributed by atoms with van der Waals surface area (Å²) in [5, 5.41) is 2.84. The molecule has 17 heavy (non-hydrogen) atoms. The smallest absolute Gasteiger partial charge is 0.259 e. The van der Waals surface area contributed by atoms with Crippen LogP contribution in [0.25, 0.3) is 0 Å². The molecule has 1 heterocycles. The van der Waals surface area contributed by atoms with E-state index in [4.69, 9.17) is 4.74 Å². The SMILES string of the molecule is CC1CC(NC(=O)COc2ccccc2)NN1. The van der Waals surface area contributed by atoms with Crippen LogP contribution in [0.4, 0.5) is 0 Å². The van der Waals surface area contributed by atoms with Crippen LogP contribution in [0.3, 0.4) is 0 Å². The zero-order chi connectivity index (χ0) is 12.1. The fourth-order valence-electron chi connectivity index (χ4n) is 1.71. The highest BCUT2D eigenvalue weighted by Gasteiger charge is 2.21. The summed E-state index contributed by atoms with van der Waals surface area (Å²) >= 11 is 0. The number of carbonyl (C=O) groups excluding carboxylic acids is 1. The predicted molar refractivity (Wildman–Crippen MR) is 64.2 cm³/mol. The van der Waals surface area contributed by atoms with E-state index >= 15 is 0 Å². The van der Waals surface area contributed by atoms with Gasteiger partial charge in [-0.2, -0.15) is 0 Å². The number of hydrazine groups is 1. The van der Waals surface area contributed by atoms with Crippen molar-refractivity contribution >= 4 is 5.91 Å². The van der Waals surface area contributed by atoms with Crippen LogP contribution in [0.15, 0.2) is 30.3 Å². The molecule has 0 spiro atoms. The van der Waals surface area contributed by atoms with E-state index < -0.39 is 0 Å². The van der Waals surface area contributed by atoms with Gasteiger partial charge in [-0.3, -0.25) is 10.2 Å². The summed E-state index contributed by atoms with van der Waals surface area (Å²) < 4.78 is 5.34. The Kier molecular flexibility index (Phi) is 3.95. The van der Waals surface area contributed by atoms with Gasteiger partial charge in [-0.25, -0.2) is 5.43 Å². The molecule has 0 aliphatic carbocycles. The molecule has 1 aromatic rings. The van der Waals surface area contributed by atoms with Crippen LogP contribution in [0.1, 0.15) is 13.3 Å². The van der Waals surface area contributed by atoms with E-state index in [2.05, 4.69) is 23.1 Å². The van der Waals surface area contributed by atoms with Gasteiger partial charge in [0.2, 0.25) is 0 Å². The molecule has 1 aliphatic heterocycles. The highest BCUT2D eigenvalue weighted by molar-refractivity contribution is 5.77. The lowest BCUT2D eigenvalue weighted by molar-refractivity contribution is -0.123. The Morgan fingerprint density at radius 3 is 2.82 bits per heavy atom. The predicted octanol–water partition coefficient (Wildman–Crippen LogP) is 0.394. The molecule has 92 valence electrons. The first kappa shape index (κ1) is 11.9. The zero-order valence-corrected chi connectivity index (χ0v) is 9.77. The minimum atomic E-state index is -0.123. The Hall–Kier alpha value is -1.59. The molecular formula is C12H17N3O2. The minimum Gasteiger partial charge on any atom is -0.484 e. The van der Waals surface area contributed by atoms with Crippen molar-refractivity contribution in [1.82, 2.24) is 16.2 Å². The maximum absolute atomic E-state index is 11.6. The summed E-state index contributed by atoms with van der Waals surface area (Å²) in [6.45, 7) is 2.09. The molecule has 1 aromatic carbocycles. The van der Waals surface area contributed by atoms with Gasteiger partial charge < -0.3 is 10.1 Å². The summed E-state index contributed by atoms with van der Waals surface area (Å²) in [6.07, 6.45) is 0.855. The molecule has 1 amide bonds. The third-order valence-electron chi connectivity index (χ3n) is 2.54. The zero-order valence-electron chi connectivity index (χ0n) is 9.77. The summed E-state index contributed by atoms with van der Waals surface area (Å²) in [4.78, 5) is 11.6. The Labute approximate surface area is 101 Å². The third kappa shape index (κ3) is 3.72. The van der Waals surface area contributed by atoms with Crippen LogP contribution in [-0.4, -0.2) is 24.7 Å². The molecule has 0 bridgehead atoms. The molecule has 0 aromatic heterocycles. The maximum Gasteiger partial charge on any atom is 0.259 e. The second-order valence-electron chi connectivity index (χ2n) is 4.15. The largest absolute Gasteiger partial charge is 0.484 e. The second kappa shape index (κ2) is 5.65. The van der Waals surface area contributed by atoms with E-state index in [1.165, 1.54) is 0 Å². The van der Waals surface area contributed by atoms with Gasteiger partial charge in [0.1, 0.15) is 5.75 Å². The monoisotopic (exact) mass is 235 g/mol. The highest BCUT2D eigenvalue weighted by atomic mass is 16.5. The number of para-hydroxylation sites is 1. The highest BCUT2D eigenvalue weighted by Crippen LogP contribution is 2.07. The second-order valence-corrected chi connectivity index (χ2v) is 4.15. The van der Waals surface area contributed by atoms with Crippen molar-refractivity contribution in [2.75, 3.05) is 6.61 Å². The topological polar surface area (TPSA) is 62.4 Å². The van der Waals surface area contributed by atoms with Gasteiger partial charge in [0.05, 0.1) is 6.17 Å². The van der Waals surface area contributed by atoms with Crippen molar-refractivity contribution in [3.63, 3.8) is 0 Å². The molecule has 0 saturated carbocycles. The lowest BCUT2D eigenvalue weighted by atomic mass is 10.2. The number of hydrogen-bond donors (Lipinski definition) is 3. The van der Waals surface area contributed by atoms with Gasteiger partial charge in [0, 0.05) is 6.04 Å². The molecule has 0 radical (unpaired) electrons. The van der Waals surface area contributed by atoms with Crippen LogP contribution < -0.4 is 20.9 Å². The van der Waals surface area contributed by atoms with E-state index in [9.17, 15) is 4.79 Å². The first-order valence-electron chi connectivity index (χ1n) is 5.72. The van der Waals surface area contributed by atoms with Crippen molar-refractivity contribution in [3.8, 4) is 5.75 Å². The molecule has 1 fully saturated rings. The average Bonchev–Trinajstić information content (AvgIpc) is 2.73. The number of benzene rings is 1. The molecule has 1 aliphatic rings. The van der Waals surface area contributed by atoms with Gasteiger partial charge in [0.25, 0.3) is 5.91 Å². The number of nitrogens with one attached hydrogen (secondary N) is 3. The van der Waals surface area contributed by atoms with Crippen LogP contribution in [-0.2, 0) is 4.79 Å². The number of rotatable bonds is 4. The maximum atomic E-state index is 11.6. The van der Waals surface area contributed by atoms with Crippen LogP contribution in [0.2, 0.25) is 0 Å². The van der Waals surface area contributed by atoms with E-state index in [0.29, 0.717) is 11.8 Å². The molecule has 2 unspecified atom stereocenters. The van der Waals surface area contributed by atoms with Crippen molar-refractivity contribution in [2.24, 2.45) is 0 Å². The first-order valence-corrected chi connectivity index (χ1v) is 5.72. The Bertz CT molecular complexity index is 369. The Morgan fingerprint density at radius 2 is 2.18 bits per heavy atom. The summed E-state index contributed by atoms with van der Waals surface area (Å²) in [7, 11) is 0. The van der Waals surface area contributed by atoms with Gasteiger partial charge in [-0.15, -0.1) is 0 Å². The molecule has 5 heteroatoms. The quantitative estimate of drug-likeness (QED) is 0.706. The van der Waals surface area contributed by atoms with Gasteiger partial charge >= 0.3 is 0 Å². The van der Waals surface area contributed by atoms with Gasteiger partial charge in [0.15, 0.2) is 6.61 Å². The van der Waals surface area contributed by atoms with Gasteiger partial charge in [-0.05, 0) is 25.5 Å². The summed E-state index contributed by atoms with van der Waals surface area (Å²) in [5.74, 6) is 0.579. The summed E-state index contributed by atoms with van der Waals surface area (Å²) in [5.41, 5.74) is 6.04. The average molecular weight is 235 g/mol. The van der Waals surface area contributed by atoms with Crippen LogP contribution in [0, 0.1) is 0 Å².